The van der Waals surface area contributed by atoms with E-state index in [9.17, 15) is 9.59 Å². The highest BCUT2D eigenvalue weighted by molar-refractivity contribution is 6.01. The van der Waals surface area contributed by atoms with Gasteiger partial charge in [0.1, 0.15) is 28.6 Å². The summed E-state index contributed by atoms with van der Waals surface area (Å²) < 4.78 is 7.40. The van der Waals surface area contributed by atoms with Crippen LogP contribution in [-0.4, -0.2) is 44.2 Å². The van der Waals surface area contributed by atoms with Crippen molar-refractivity contribution >= 4 is 22.9 Å². The molecule has 3 aromatic heterocycles. The third-order valence-corrected chi connectivity index (χ3v) is 5.01. The molecule has 0 spiro atoms. The standard InChI is InChI=1S/C18H18N6O3.C2H6/c1-18(2)22-16(25)10-4-5-12-20-15(10)23(18)8-3-9-27-11-6-7-19-14-13(11)24(12)17(26)21-14;1-2/h4-7H,3,8-9H2,1-2H3,(H,22,25)(H,19,21,26);1-2H3. The molecule has 2 aliphatic heterocycles. The third-order valence-electron chi connectivity index (χ3n) is 5.01. The fraction of sp³-hybridized carbons (Fsp3) is 0.400. The van der Waals surface area contributed by atoms with E-state index >= 15 is 0 Å². The number of nitrogens with one attached hydrogen (secondary N) is 2. The minimum atomic E-state index is -0.601. The summed E-state index contributed by atoms with van der Waals surface area (Å²) in [6.07, 6.45) is 2.33. The maximum Gasteiger partial charge on any atom is 0.333 e. The lowest BCUT2D eigenvalue weighted by molar-refractivity contribution is 0.0896. The van der Waals surface area contributed by atoms with Gasteiger partial charge in [-0.3, -0.25) is 9.78 Å². The van der Waals surface area contributed by atoms with E-state index in [4.69, 9.17) is 9.72 Å². The van der Waals surface area contributed by atoms with Gasteiger partial charge in [0, 0.05) is 18.8 Å². The van der Waals surface area contributed by atoms with Gasteiger partial charge in [-0.2, -0.15) is 0 Å². The van der Waals surface area contributed by atoms with Crippen LogP contribution in [0.25, 0.3) is 17.0 Å². The van der Waals surface area contributed by atoms with Crippen molar-refractivity contribution in [1.29, 1.82) is 0 Å². The molecule has 29 heavy (non-hydrogen) atoms. The predicted octanol–water partition coefficient (Wildman–Crippen LogP) is 2.20. The highest BCUT2D eigenvalue weighted by Crippen LogP contribution is 2.32. The number of pyridine rings is 2. The normalized spacial score (nSPS) is 16.8. The molecule has 5 rings (SSSR count). The molecule has 152 valence electrons. The van der Waals surface area contributed by atoms with Crippen LogP contribution >= 0.6 is 0 Å². The van der Waals surface area contributed by atoms with Gasteiger partial charge in [-0.15, -0.1) is 0 Å². The summed E-state index contributed by atoms with van der Waals surface area (Å²) in [5.74, 6) is 1.38. The van der Waals surface area contributed by atoms with Gasteiger partial charge in [0.05, 0.1) is 12.2 Å². The van der Waals surface area contributed by atoms with Gasteiger partial charge in [-0.1, -0.05) is 13.8 Å². The van der Waals surface area contributed by atoms with Crippen molar-refractivity contribution in [2.45, 2.75) is 39.8 Å². The first-order chi connectivity index (χ1) is 14.0. The van der Waals surface area contributed by atoms with Crippen molar-refractivity contribution in [2.75, 3.05) is 18.1 Å². The fourth-order valence-corrected chi connectivity index (χ4v) is 3.75. The van der Waals surface area contributed by atoms with E-state index < -0.39 is 5.66 Å². The molecule has 9 nitrogen and oxygen atoms in total. The molecule has 2 N–H and O–H groups in total. The third kappa shape index (κ3) is 2.93. The average molecular weight is 396 g/mol. The van der Waals surface area contributed by atoms with Crippen LogP contribution in [0.5, 0.6) is 5.75 Å². The molecular formula is C20H24N6O3. The summed E-state index contributed by atoms with van der Waals surface area (Å²) in [6, 6.07) is 5.11. The van der Waals surface area contributed by atoms with Crippen LogP contribution in [0, 0.1) is 0 Å². The van der Waals surface area contributed by atoms with E-state index in [1.165, 1.54) is 4.57 Å². The van der Waals surface area contributed by atoms with Gasteiger partial charge in [0.2, 0.25) is 0 Å². The average Bonchev–Trinajstić information content (AvgIpc) is 3.02. The van der Waals surface area contributed by atoms with Gasteiger partial charge >= 0.3 is 5.69 Å². The number of hydrogen-bond acceptors (Lipinski definition) is 6. The lowest BCUT2D eigenvalue weighted by atomic mass is 10.0. The number of ether oxygens (including phenoxy) is 1. The number of nitrogens with zero attached hydrogens (tertiary/aromatic N) is 4. The molecule has 2 bridgehead atoms. The van der Waals surface area contributed by atoms with Crippen molar-refractivity contribution in [3.63, 3.8) is 0 Å². The van der Waals surface area contributed by atoms with Crippen LogP contribution in [0.4, 0.5) is 5.82 Å². The zero-order chi connectivity index (χ0) is 20.8. The SMILES string of the molecule is CC.CC1(C)NC(=O)c2ccc3nc2N1CCCOc1ccnc2[nH]c(=O)n-3c12. The Bertz CT molecular complexity index is 1150. The van der Waals surface area contributed by atoms with Gasteiger partial charge in [0.15, 0.2) is 5.65 Å². The molecule has 0 aliphatic carbocycles. The monoisotopic (exact) mass is 396 g/mol. The topological polar surface area (TPSA) is 105 Å². The Labute approximate surface area is 167 Å². The second kappa shape index (κ2) is 6.91. The van der Waals surface area contributed by atoms with E-state index in [1.807, 2.05) is 32.6 Å². The molecule has 0 fully saturated rings. The smallest absolute Gasteiger partial charge is 0.333 e. The zero-order valence-corrected chi connectivity index (χ0v) is 16.9. The lowest BCUT2D eigenvalue weighted by Gasteiger charge is -2.44. The van der Waals surface area contributed by atoms with Crippen LogP contribution in [0.3, 0.4) is 0 Å². The van der Waals surface area contributed by atoms with Crippen molar-refractivity contribution in [3.05, 3.63) is 40.4 Å². The molecule has 0 saturated carbocycles. The first kappa shape index (κ1) is 19.0. The Balaban J connectivity index is 0.000000994. The maximum atomic E-state index is 12.6. The van der Waals surface area contributed by atoms with Gasteiger partial charge in [0.25, 0.3) is 5.91 Å². The first-order valence-electron chi connectivity index (χ1n) is 9.80. The molecule has 3 aromatic rings. The van der Waals surface area contributed by atoms with Crippen LogP contribution in [0.15, 0.2) is 29.2 Å². The fourth-order valence-electron chi connectivity index (χ4n) is 3.75. The highest BCUT2D eigenvalue weighted by Gasteiger charge is 2.38. The molecule has 2 aliphatic rings. The van der Waals surface area contributed by atoms with Gasteiger partial charge in [-0.25, -0.2) is 19.3 Å². The molecule has 0 aromatic carbocycles. The van der Waals surface area contributed by atoms with Crippen molar-refractivity contribution in [3.8, 4) is 11.6 Å². The van der Waals surface area contributed by atoms with E-state index in [1.54, 1.807) is 24.4 Å². The summed E-state index contributed by atoms with van der Waals surface area (Å²) in [7, 11) is 0. The predicted molar refractivity (Wildman–Crippen MR) is 110 cm³/mol. The first-order valence-corrected chi connectivity index (χ1v) is 9.80. The number of aromatic nitrogens is 4. The quantitative estimate of drug-likeness (QED) is 0.604. The minimum Gasteiger partial charge on any atom is -0.491 e. The molecule has 0 radical (unpaired) electrons. The van der Waals surface area contributed by atoms with E-state index in [0.717, 1.165) is 6.42 Å². The van der Waals surface area contributed by atoms with Crippen LogP contribution in [-0.2, 0) is 0 Å². The Morgan fingerprint density at radius 3 is 2.76 bits per heavy atom. The van der Waals surface area contributed by atoms with Gasteiger partial charge in [-0.05, 0) is 32.4 Å². The minimum absolute atomic E-state index is 0.176. The van der Waals surface area contributed by atoms with E-state index in [0.29, 0.717) is 47.3 Å². The largest absolute Gasteiger partial charge is 0.491 e. The van der Waals surface area contributed by atoms with Gasteiger partial charge < -0.3 is 15.0 Å². The zero-order valence-electron chi connectivity index (χ0n) is 16.9. The summed E-state index contributed by atoms with van der Waals surface area (Å²) in [5.41, 5.74) is 0.515. The molecular weight excluding hydrogens is 372 g/mol. The number of H-pyrrole nitrogens is 1. The summed E-state index contributed by atoms with van der Waals surface area (Å²) >= 11 is 0. The summed E-state index contributed by atoms with van der Waals surface area (Å²) in [4.78, 5) is 38.9. The molecule has 0 saturated heterocycles. The number of imidazole rings is 1. The number of aromatic amines is 1. The number of fused-ring (bicyclic) bond motifs is 2. The van der Waals surface area contributed by atoms with Crippen molar-refractivity contribution in [2.24, 2.45) is 0 Å². The number of hydrogen-bond donors (Lipinski definition) is 2. The number of carbonyl (C=O) groups is 1. The number of rotatable bonds is 0. The lowest BCUT2D eigenvalue weighted by Crippen LogP contribution is -2.61. The Morgan fingerprint density at radius 2 is 1.97 bits per heavy atom. The number of amides is 1. The number of anilines is 1. The Morgan fingerprint density at radius 1 is 1.17 bits per heavy atom. The van der Waals surface area contributed by atoms with E-state index in [2.05, 4.69) is 15.3 Å². The second-order valence-corrected chi connectivity index (χ2v) is 7.18. The molecule has 1 amide bonds. The summed E-state index contributed by atoms with van der Waals surface area (Å²) in [6.45, 7) is 8.98. The summed E-state index contributed by atoms with van der Waals surface area (Å²) in [5, 5.41) is 3.01. The number of carbonyl (C=O) groups excluding carboxylic acids is 1. The maximum absolute atomic E-state index is 12.6. The van der Waals surface area contributed by atoms with Crippen molar-refractivity contribution < 1.29 is 9.53 Å². The molecule has 9 heteroatoms. The highest BCUT2D eigenvalue weighted by atomic mass is 16.5. The van der Waals surface area contributed by atoms with E-state index in [-0.39, 0.29) is 11.6 Å². The van der Waals surface area contributed by atoms with Crippen LogP contribution < -0.4 is 20.6 Å². The second-order valence-electron chi connectivity index (χ2n) is 7.18. The van der Waals surface area contributed by atoms with Crippen LogP contribution in [0.1, 0.15) is 44.5 Å². The molecule has 0 unspecified atom stereocenters. The van der Waals surface area contributed by atoms with Crippen molar-refractivity contribution in [1.82, 2.24) is 24.8 Å². The Hall–Kier alpha value is -3.36. The molecule has 5 heterocycles. The van der Waals surface area contributed by atoms with Crippen LogP contribution in [0.2, 0.25) is 0 Å². The molecule has 0 atom stereocenters. The Kier molecular flexibility index (Phi) is 4.52.